The molecule has 1 heterocycles. The Bertz CT molecular complexity index is 410. The van der Waals surface area contributed by atoms with Crippen LogP contribution in [-0.4, -0.2) is 37.7 Å². The zero-order valence-electron chi connectivity index (χ0n) is 9.70. The van der Waals surface area contributed by atoms with Gasteiger partial charge in [0.2, 0.25) is 6.41 Å². The maximum absolute atomic E-state index is 9.76. The van der Waals surface area contributed by atoms with Crippen molar-refractivity contribution in [2.24, 2.45) is 5.73 Å². The maximum atomic E-state index is 9.76. The van der Waals surface area contributed by atoms with Crippen LogP contribution in [0.2, 0.25) is 10.0 Å². The number of hydrogen-bond donors (Lipinski definition) is 3. The number of nitrogens with two attached hydrogens (primary N) is 1. The first-order chi connectivity index (χ1) is 8.61. The SMILES string of the molecule is NC=O.Oc1ccc(Cl)c(Cl)c1N1CCNCC1. The Labute approximate surface area is 115 Å². The normalized spacial score (nSPS) is 14.7. The Balaban J connectivity index is 0.000000492. The molecule has 0 saturated carbocycles. The van der Waals surface area contributed by atoms with Gasteiger partial charge in [0, 0.05) is 26.2 Å². The molecule has 7 heteroatoms. The number of phenols is 1. The Morgan fingerprint density at radius 3 is 2.44 bits per heavy atom. The summed E-state index contributed by atoms with van der Waals surface area (Å²) in [5.41, 5.74) is 4.81. The van der Waals surface area contributed by atoms with E-state index in [1.54, 1.807) is 12.1 Å². The molecule has 0 radical (unpaired) electrons. The second kappa shape index (κ2) is 7.31. The molecule has 0 bridgehead atoms. The summed E-state index contributed by atoms with van der Waals surface area (Å²) in [6.07, 6.45) is 0.250. The molecular formula is C11H15Cl2N3O2. The van der Waals surface area contributed by atoms with Crippen molar-refractivity contribution in [2.75, 3.05) is 31.1 Å². The molecule has 1 saturated heterocycles. The van der Waals surface area contributed by atoms with Crippen molar-refractivity contribution in [2.45, 2.75) is 0 Å². The number of piperazine rings is 1. The van der Waals surface area contributed by atoms with Crippen LogP contribution in [0.3, 0.4) is 0 Å². The summed E-state index contributed by atoms with van der Waals surface area (Å²) in [6.45, 7) is 3.44. The van der Waals surface area contributed by atoms with Crippen LogP contribution in [0.25, 0.3) is 0 Å². The number of primary amides is 1. The lowest BCUT2D eigenvalue weighted by atomic mass is 10.2. The summed E-state index contributed by atoms with van der Waals surface area (Å²) in [6, 6.07) is 3.18. The fourth-order valence-electron chi connectivity index (χ4n) is 1.72. The van der Waals surface area contributed by atoms with Gasteiger partial charge in [0.05, 0.1) is 15.7 Å². The summed E-state index contributed by atoms with van der Waals surface area (Å²) in [5.74, 6) is 0.186. The Morgan fingerprint density at radius 1 is 1.33 bits per heavy atom. The van der Waals surface area contributed by atoms with Gasteiger partial charge in [0.15, 0.2) is 0 Å². The van der Waals surface area contributed by atoms with Crippen molar-refractivity contribution >= 4 is 35.3 Å². The van der Waals surface area contributed by atoms with Gasteiger partial charge in [-0.1, -0.05) is 23.2 Å². The van der Waals surface area contributed by atoms with Crippen molar-refractivity contribution in [3.05, 3.63) is 22.2 Å². The highest BCUT2D eigenvalue weighted by atomic mass is 35.5. The molecular weight excluding hydrogens is 277 g/mol. The Hall–Kier alpha value is -1.17. The number of halogens is 2. The number of hydrogen-bond acceptors (Lipinski definition) is 4. The Kier molecular flexibility index (Phi) is 6.04. The molecule has 0 atom stereocenters. The second-order valence-corrected chi connectivity index (χ2v) is 4.39. The van der Waals surface area contributed by atoms with Crippen LogP contribution >= 0.6 is 23.2 Å². The average Bonchev–Trinajstić information content (AvgIpc) is 2.37. The lowest BCUT2D eigenvalue weighted by Gasteiger charge is -2.30. The van der Waals surface area contributed by atoms with Crippen LogP contribution in [-0.2, 0) is 4.79 Å². The van der Waals surface area contributed by atoms with Gasteiger partial charge in [-0.15, -0.1) is 0 Å². The lowest BCUT2D eigenvalue weighted by molar-refractivity contribution is -0.106. The van der Waals surface area contributed by atoms with Crippen LogP contribution in [0, 0.1) is 0 Å². The highest BCUT2D eigenvalue weighted by Gasteiger charge is 2.18. The van der Waals surface area contributed by atoms with Gasteiger partial charge in [-0.2, -0.15) is 0 Å². The molecule has 5 nitrogen and oxygen atoms in total. The molecule has 2 rings (SSSR count). The molecule has 0 unspecified atom stereocenters. The van der Waals surface area contributed by atoms with Crippen molar-refractivity contribution in [3.63, 3.8) is 0 Å². The summed E-state index contributed by atoms with van der Waals surface area (Å²) in [5, 5.41) is 13.9. The third kappa shape index (κ3) is 3.66. The molecule has 18 heavy (non-hydrogen) atoms. The van der Waals surface area contributed by atoms with Crippen molar-refractivity contribution in [1.29, 1.82) is 0 Å². The number of aromatic hydroxyl groups is 1. The van der Waals surface area contributed by atoms with Crippen molar-refractivity contribution in [1.82, 2.24) is 5.32 Å². The van der Waals surface area contributed by atoms with Gasteiger partial charge in [-0.05, 0) is 12.1 Å². The number of anilines is 1. The summed E-state index contributed by atoms with van der Waals surface area (Å²) < 4.78 is 0. The van der Waals surface area contributed by atoms with Gasteiger partial charge in [0.25, 0.3) is 0 Å². The number of carbonyl (C=O) groups is 1. The quantitative estimate of drug-likeness (QED) is 0.680. The van der Waals surface area contributed by atoms with E-state index in [9.17, 15) is 5.11 Å². The molecule has 1 aromatic rings. The molecule has 0 spiro atoms. The van der Waals surface area contributed by atoms with E-state index in [-0.39, 0.29) is 12.2 Å². The number of phenolic OH excluding ortho intramolecular Hbond substituents is 1. The highest BCUT2D eigenvalue weighted by Crippen LogP contribution is 2.39. The van der Waals surface area contributed by atoms with E-state index >= 15 is 0 Å². The summed E-state index contributed by atoms with van der Waals surface area (Å²) >= 11 is 12.0. The van der Waals surface area contributed by atoms with Crippen molar-refractivity contribution < 1.29 is 9.90 Å². The summed E-state index contributed by atoms with van der Waals surface area (Å²) in [7, 11) is 0. The van der Waals surface area contributed by atoms with Gasteiger partial charge in [-0.25, -0.2) is 0 Å². The number of benzene rings is 1. The average molecular weight is 292 g/mol. The van der Waals surface area contributed by atoms with Crippen LogP contribution in [0.4, 0.5) is 5.69 Å². The molecule has 100 valence electrons. The minimum atomic E-state index is 0.186. The van der Waals surface area contributed by atoms with E-state index in [0.29, 0.717) is 15.7 Å². The zero-order chi connectivity index (χ0) is 13.5. The van der Waals surface area contributed by atoms with Crippen molar-refractivity contribution in [3.8, 4) is 5.75 Å². The zero-order valence-corrected chi connectivity index (χ0v) is 11.2. The molecule has 1 amide bonds. The maximum Gasteiger partial charge on any atom is 0.204 e. The molecule has 1 fully saturated rings. The fourth-order valence-corrected chi connectivity index (χ4v) is 2.15. The monoisotopic (exact) mass is 291 g/mol. The first kappa shape index (κ1) is 14.9. The van der Waals surface area contributed by atoms with Gasteiger partial charge in [-0.3, -0.25) is 4.79 Å². The highest BCUT2D eigenvalue weighted by molar-refractivity contribution is 6.44. The predicted molar refractivity (Wildman–Crippen MR) is 73.5 cm³/mol. The number of carbonyl (C=O) groups excluding carboxylic acids is 1. The van der Waals surface area contributed by atoms with E-state index in [1.807, 2.05) is 4.90 Å². The molecule has 1 aliphatic rings. The minimum absolute atomic E-state index is 0.186. The van der Waals surface area contributed by atoms with Gasteiger partial charge in [0.1, 0.15) is 5.75 Å². The number of nitrogens with one attached hydrogen (secondary N) is 1. The fraction of sp³-hybridized carbons (Fsp3) is 0.364. The second-order valence-electron chi connectivity index (χ2n) is 3.60. The standard InChI is InChI=1S/C10H12Cl2N2O.CH3NO/c11-7-1-2-8(15)10(9(7)12)14-5-3-13-4-6-14;2-1-3/h1-2,13,15H,3-6H2;1H,(H2,2,3). The first-order valence-electron chi connectivity index (χ1n) is 5.39. The van der Waals surface area contributed by atoms with Crippen LogP contribution in [0.15, 0.2) is 12.1 Å². The van der Waals surface area contributed by atoms with E-state index in [2.05, 4.69) is 11.1 Å². The lowest BCUT2D eigenvalue weighted by Crippen LogP contribution is -2.43. The minimum Gasteiger partial charge on any atom is -0.506 e. The van der Waals surface area contributed by atoms with E-state index < -0.39 is 0 Å². The molecule has 1 aromatic carbocycles. The smallest absolute Gasteiger partial charge is 0.204 e. The summed E-state index contributed by atoms with van der Waals surface area (Å²) in [4.78, 5) is 10.6. The van der Waals surface area contributed by atoms with Crippen LogP contribution in [0.1, 0.15) is 0 Å². The van der Waals surface area contributed by atoms with E-state index in [0.717, 1.165) is 26.2 Å². The molecule has 0 aliphatic carbocycles. The third-order valence-corrected chi connectivity index (χ3v) is 3.28. The van der Waals surface area contributed by atoms with Crippen LogP contribution in [0.5, 0.6) is 5.75 Å². The Morgan fingerprint density at radius 2 is 1.89 bits per heavy atom. The predicted octanol–water partition coefficient (Wildman–Crippen LogP) is 1.21. The largest absolute Gasteiger partial charge is 0.506 e. The number of rotatable bonds is 1. The molecule has 0 aromatic heterocycles. The molecule has 1 aliphatic heterocycles. The van der Waals surface area contributed by atoms with E-state index in [1.165, 1.54) is 0 Å². The van der Waals surface area contributed by atoms with Gasteiger partial charge < -0.3 is 21.1 Å². The number of nitrogens with zero attached hydrogens (tertiary/aromatic N) is 1. The first-order valence-corrected chi connectivity index (χ1v) is 6.15. The third-order valence-electron chi connectivity index (χ3n) is 2.48. The molecule has 4 N–H and O–H groups in total. The van der Waals surface area contributed by atoms with Crippen LogP contribution < -0.4 is 16.0 Å². The van der Waals surface area contributed by atoms with Gasteiger partial charge >= 0.3 is 0 Å². The topological polar surface area (TPSA) is 78.6 Å². The van der Waals surface area contributed by atoms with E-state index in [4.69, 9.17) is 28.0 Å². The number of amides is 1.